The zero-order valence-corrected chi connectivity index (χ0v) is 19.2. The summed E-state index contributed by atoms with van der Waals surface area (Å²) in [4.78, 5) is 28.8. The highest BCUT2D eigenvalue weighted by Gasteiger charge is 2.43. The Morgan fingerprint density at radius 3 is 2.47 bits per heavy atom. The average molecular weight is 458 g/mol. The number of hydrogen-bond donors (Lipinski definition) is 0. The van der Waals surface area contributed by atoms with Crippen LogP contribution in [0.2, 0.25) is 0 Å². The van der Waals surface area contributed by atoms with E-state index in [9.17, 15) is 14.0 Å². The molecule has 5 rings (SSSR count). The number of fused-ring (bicyclic) bond motifs is 2. The Morgan fingerprint density at radius 2 is 1.76 bits per heavy atom. The number of aryl methyl sites for hydroxylation is 2. The van der Waals surface area contributed by atoms with Gasteiger partial charge in [-0.15, -0.1) is 0 Å². The number of hydrogen-bond acceptors (Lipinski definition) is 4. The van der Waals surface area contributed by atoms with Gasteiger partial charge in [0.15, 0.2) is 5.43 Å². The summed E-state index contributed by atoms with van der Waals surface area (Å²) < 4.78 is 26.2. The van der Waals surface area contributed by atoms with Gasteiger partial charge in [0, 0.05) is 12.1 Å². The van der Waals surface area contributed by atoms with Crippen LogP contribution in [0.5, 0.6) is 5.75 Å². The highest BCUT2D eigenvalue weighted by Crippen LogP contribution is 2.39. The van der Waals surface area contributed by atoms with Gasteiger partial charge in [0.25, 0.3) is 5.91 Å². The molecule has 4 aromatic rings. The van der Waals surface area contributed by atoms with Crippen LogP contribution >= 0.6 is 0 Å². The van der Waals surface area contributed by atoms with E-state index in [1.165, 1.54) is 6.07 Å². The van der Waals surface area contributed by atoms with E-state index >= 15 is 0 Å². The van der Waals surface area contributed by atoms with Crippen molar-refractivity contribution >= 4 is 16.9 Å². The van der Waals surface area contributed by atoms with E-state index in [0.29, 0.717) is 23.9 Å². The molecule has 0 saturated carbocycles. The fourth-order valence-corrected chi connectivity index (χ4v) is 4.77. The monoisotopic (exact) mass is 457 g/mol. The Labute approximate surface area is 196 Å². The molecule has 0 N–H and O–H groups in total. The summed E-state index contributed by atoms with van der Waals surface area (Å²) in [6.07, 6.45) is 0.528. The third-order valence-electron chi connectivity index (χ3n) is 6.40. The van der Waals surface area contributed by atoms with E-state index in [2.05, 4.69) is 0 Å². The van der Waals surface area contributed by atoms with Gasteiger partial charge in [-0.3, -0.25) is 9.59 Å². The van der Waals surface area contributed by atoms with Gasteiger partial charge in [-0.1, -0.05) is 36.4 Å². The van der Waals surface area contributed by atoms with Gasteiger partial charge in [0.05, 0.1) is 24.1 Å². The lowest BCUT2D eigenvalue weighted by molar-refractivity contribution is 0.0728. The summed E-state index contributed by atoms with van der Waals surface area (Å²) >= 11 is 0. The van der Waals surface area contributed by atoms with Crippen molar-refractivity contribution in [2.75, 3.05) is 13.7 Å². The molecule has 1 atom stereocenters. The first-order valence-electron chi connectivity index (χ1n) is 11.2. The topological polar surface area (TPSA) is 59.8 Å². The maximum atomic E-state index is 15.0. The number of methoxy groups -OCH3 is 1. The van der Waals surface area contributed by atoms with E-state index < -0.39 is 17.8 Å². The van der Waals surface area contributed by atoms with Crippen LogP contribution in [0.15, 0.2) is 69.9 Å². The van der Waals surface area contributed by atoms with Crippen LogP contribution in [-0.4, -0.2) is 24.5 Å². The molecule has 1 unspecified atom stereocenters. The molecule has 0 radical (unpaired) electrons. The maximum Gasteiger partial charge on any atom is 0.290 e. The second kappa shape index (κ2) is 8.45. The molecule has 2 heterocycles. The van der Waals surface area contributed by atoms with Crippen LogP contribution in [-0.2, 0) is 6.42 Å². The molecule has 5 nitrogen and oxygen atoms in total. The van der Waals surface area contributed by atoms with Gasteiger partial charge in [-0.2, -0.15) is 0 Å². The van der Waals surface area contributed by atoms with Gasteiger partial charge in [0.2, 0.25) is 5.76 Å². The van der Waals surface area contributed by atoms with Crippen molar-refractivity contribution < 1.29 is 18.3 Å². The molecule has 172 valence electrons. The van der Waals surface area contributed by atoms with Crippen molar-refractivity contribution in [2.45, 2.75) is 26.3 Å². The zero-order valence-electron chi connectivity index (χ0n) is 19.2. The predicted octanol–water partition coefficient (Wildman–Crippen LogP) is 5.35. The SMILES string of the molecule is COc1ccc(CCN2C(=O)c3oc4c(C)cc(C)cc4c(=O)c3C2c2ccccc2F)cc1. The highest BCUT2D eigenvalue weighted by molar-refractivity contribution is 5.99. The normalized spacial score (nSPS) is 15.1. The number of carbonyl (C=O) groups is 1. The van der Waals surface area contributed by atoms with Crippen LogP contribution in [0.25, 0.3) is 11.0 Å². The van der Waals surface area contributed by atoms with E-state index in [0.717, 1.165) is 22.4 Å². The Kier molecular flexibility index (Phi) is 5.44. The lowest BCUT2D eigenvalue weighted by Gasteiger charge is -2.25. The zero-order chi connectivity index (χ0) is 24.0. The molecule has 1 aliphatic heterocycles. The molecular weight excluding hydrogens is 433 g/mol. The number of halogens is 1. The summed E-state index contributed by atoms with van der Waals surface area (Å²) in [5.74, 6) is -0.143. The van der Waals surface area contributed by atoms with Crippen molar-refractivity contribution in [3.8, 4) is 5.75 Å². The lowest BCUT2D eigenvalue weighted by Crippen LogP contribution is -2.32. The fraction of sp³-hybridized carbons (Fsp3) is 0.214. The minimum atomic E-state index is -0.858. The van der Waals surface area contributed by atoms with Crippen LogP contribution < -0.4 is 10.2 Å². The standard InChI is InChI=1S/C28H24FNO4/c1-16-14-17(2)26-21(15-16)25(31)23-24(20-6-4-5-7-22(20)29)30(28(32)27(23)34-26)13-12-18-8-10-19(33-3)11-9-18/h4-11,14-15,24H,12-13H2,1-3H3. The second-order valence-electron chi connectivity index (χ2n) is 8.65. The van der Waals surface area contributed by atoms with Crippen LogP contribution in [0, 0.1) is 19.7 Å². The molecule has 6 heteroatoms. The summed E-state index contributed by atoms with van der Waals surface area (Å²) in [5, 5.41) is 0.405. The van der Waals surface area contributed by atoms with Crippen molar-refractivity contribution in [2.24, 2.45) is 0 Å². The lowest BCUT2D eigenvalue weighted by atomic mass is 9.97. The number of nitrogens with zero attached hydrogens (tertiary/aromatic N) is 1. The van der Waals surface area contributed by atoms with E-state index in [1.54, 1.807) is 36.3 Å². The highest BCUT2D eigenvalue weighted by atomic mass is 19.1. The quantitative estimate of drug-likeness (QED) is 0.406. The molecular formula is C28H24FNO4. The number of benzene rings is 3. The molecule has 1 aromatic heterocycles. The molecule has 0 fully saturated rings. The molecule has 0 bridgehead atoms. The number of ether oxygens (including phenoxy) is 1. The predicted molar refractivity (Wildman–Crippen MR) is 128 cm³/mol. The summed E-state index contributed by atoms with van der Waals surface area (Å²) in [7, 11) is 1.60. The van der Waals surface area contributed by atoms with Crippen molar-refractivity contribution in [1.82, 2.24) is 4.90 Å². The first-order valence-corrected chi connectivity index (χ1v) is 11.2. The molecule has 1 amide bonds. The van der Waals surface area contributed by atoms with Gasteiger partial charge < -0.3 is 14.1 Å². The van der Waals surface area contributed by atoms with Gasteiger partial charge in [-0.25, -0.2) is 4.39 Å². The fourth-order valence-electron chi connectivity index (χ4n) is 4.77. The van der Waals surface area contributed by atoms with E-state index in [1.807, 2.05) is 44.2 Å². The van der Waals surface area contributed by atoms with Crippen molar-refractivity contribution in [3.63, 3.8) is 0 Å². The Balaban J connectivity index is 1.64. The van der Waals surface area contributed by atoms with Crippen LogP contribution in [0.4, 0.5) is 4.39 Å². The summed E-state index contributed by atoms with van der Waals surface area (Å²) in [6, 6.07) is 16.6. The molecule has 1 aliphatic rings. The van der Waals surface area contributed by atoms with Crippen molar-refractivity contribution in [1.29, 1.82) is 0 Å². The summed E-state index contributed by atoms with van der Waals surface area (Å²) in [6.45, 7) is 4.04. The largest absolute Gasteiger partial charge is 0.497 e. The van der Waals surface area contributed by atoms with Gasteiger partial charge in [0.1, 0.15) is 17.1 Å². The Bertz CT molecular complexity index is 1470. The number of amides is 1. The average Bonchev–Trinajstić information content (AvgIpc) is 3.11. The molecule has 0 aliphatic carbocycles. The molecule has 0 spiro atoms. The Morgan fingerprint density at radius 1 is 1.03 bits per heavy atom. The van der Waals surface area contributed by atoms with Gasteiger partial charge in [-0.05, 0) is 61.2 Å². The Hall–Kier alpha value is -3.93. The number of rotatable bonds is 5. The number of carbonyl (C=O) groups excluding carboxylic acids is 1. The minimum Gasteiger partial charge on any atom is -0.497 e. The molecule has 0 saturated heterocycles. The first-order chi connectivity index (χ1) is 16.4. The van der Waals surface area contributed by atoms with E-state index in [-0.39, 0.29) is 22.3 Å². The van der Waals surface area contributed by atoms with Crippen molar-refractivity contribution in [3.05, 3.63) is 110 Å². The first kappa shape index (κ1) is 21.9. The molecule has 3 aromatic carbocycles. The summed E-state index contributed by atoms with van der Waals surface area (Å²) in [5.41, 5.74) is 3.27. The third-order valence-corrected chi connectivity index (χ3v) is 6.40. The second-order valence-corrected chi connectivity index (χ2v) is 8.65. The molecule has 34 heavy (non-hydrogen) atoms. The van der Waals surface area contributed by atoms with Crippen LogP contribution in [0.3, 0.4) is 0 Å². The van der Waals surface area contributed by atoms with Crippen LogP contribution in [0.1, 0.15) is 44.4 Å². The maximum absolute atomic E-state index is 15.0. The van der Waals surface area contributed by atoms with Gasteiger partial charge >= 0.3 is 0 Å². The van der Waals surface area contributed by atoms with E-state index in [4.69, 9.17) is 9.15 Å². The third kappa shape index (κ3) is 3.55. The minimum absolute atomic E-state index is 0.00700. The smallest absolute Gasteiger partial charge is 0.290 e.